The lowest BCUT2D eigenvalue weighted by atomic mass is 9.67. The summed E-state index contributed by atoms with van der Waals surface area (Å²) in [5.74, 6) is 0.437. The highest BCUT2D eigenvalue weighted by Crippen LogP contribution is 2.68. The van der Waals surface area contributed by atoms with E-state index in [1.165, 1.54) is 0 Å². The Morgan fingerprint density at radius 1 is 1.32 bits per heavy atom. The Balaban J connectivity index is 1.96. The molecule has 0 aromatic carbocycles. The Morgan fingerprint density at radius 2 is 1.84 bits per heavy atom. The fraction of sp³-hybridized carbons (Fsp3) is 0.857. The van der Waals surface area contributed by atoms with E-state index in [1.54, 1.807) is 0 Å². The number of hydrogen-bond acceptors (Lipinski definition) is 3. The molecule has 0 spiro atoms. The Bertz CT molecular complexity index is 408. The maximum Gasteiger partial charge on any atom is 0.233 e. The zero-order valence-corrected chi connectivity index (χ0v) is 12.3. The van der Waals surface area contributed by atoms with Gasteiger partial charge in [-0.05, 0) is 29.6 Å². The molecular formula is C14H25N3O2. The van der Waals surface area contributed by atoms with Crippen LogP contribution in [0.5, 0.6) is 0 Å². The predicted molar refractivity (Wildman–Crippen MR) is 73.8 cm³/mol. The third-order valence-corrected chi connectivity index (χ3v) is 6.03. The van der Waals surface area contributed by atoms with E-state index >= 15 is 0 Å². The molecule has 0 heterocycles. The highest BCUT2D eigenvalue weighted by molar-refractivity contribution is 6.07. The molecule has 0 unspecified atom stereocenters. The molecule has 4 N–H and O–H groups in total. The van der Waals surface area contributed by atoms with Gasteiger partial charge < -0.3 is 16.3 Å². The first-order valence-corrected chi connectivity index (χ1v) is 6.96. The third-order valence-electron chi connectivity index (χ3n) is 6.03. The highest BCUT2D eigenvalue weighted by Gasteiger charge is 2.64. The van der Waals surface area contributed by atoms with Crippen molar-refractivity contribution in [2.75, 3.05) is 6.54 Å². The van der Waals surface area contributed by atoms with Gasteiger partial charge in [0.25, 0.3) is 0 Å². The Kier molecular flexibility index (Phi) is 3.07. The van der Waals surface area contributed by atoms with Crippen molar-refractivity contribution < 1.29 is 10.0 Å². The normalized spacial score (nSPS) is 27.5. The molecule has 0 atom stereocenters. The lowest BCUT2D eigenvalue weighted by molar-refractivity contribution is -0.131. The van der Waals surface area contributed by atoms with Crippen LogP contribution in [0.1, 0.15) is 47.0 Å². The van der Waals surface area contributed by atoms with E-state index in [2.05, 4.69) is 38.2 Å². The molecule has 5 nitrogen and oxygen atoms in total. The van der Waals surface area contributed by atoms with Crippen LogP contribution in [0.15, 0.2) is 5.16 Å². The van der Waals surface area contributed by atoms with Gasteiger partial charge in [-0.1, -0.05) is 39.3 Å². The number of amidine groups is 1. The predicted octanol–water partition coefficient (Wildman–Crippen LogP) is 1.70. The van der Waals surface area contributed by atoms with Crippen molar-refractivity contribution in [1.82, 2.24) is 5.32 Å². The number of carbonyl (C=O) groups is 1. The van der Waals surface area contributed by atoms with Gasteiger partial charge >= 0.3 is 0 Å². The number of hydrogen-bond donors (Lipinski definition) is 3. The van der Waals surface area contributed by atoms with E-state index in [0.717, 1.165) is 6.42 Å². The Hall–Kier alpha value is -1.26. The van der Waals surface area contributed by atoms with Gasteiger partial charge in [-0.25, -0.2) is 0 Å². The molecule has 2 fully saturated rings. The monoisotopic (exact) mass is 267 g/mol. The lowest BCUT2D eigenvalue weighted by Gasteiger charge is -2.38. The van der Waals surface area contributed by atoms with Crippen LogP contribution in [0, 0.1) is 22.2 Å². The van der Waals surface area contributed by atoms with E-state index in [1.807, 2.05) is 0 Å². The van der Waals surface area contributed by atoms with Crippen molar-refractivity contribution in [2.45, 2.75) is 47.0 Å². The van der Waals surface area contributed by atoms with Crippen LogP contribution in [-0.4, -0.2) is 23.5 Å². The van der Waals surface area contributed by atoms with Gasteiger partial charge in [-0.15, -0.1) is 0 Å². The first kappa shape index (κ1) is 14.2. The second-order valence-electron chi connectivity index (χ2n) is 7.13. The largest absolute Gasteiger partial charge is 0.409 e. The molecule has 0 bridgehead atoms. The number of amides is 1. The standard InChI is InChI=1S/C14H25N3O2/c1-12(2)9(13(12,3)4)8-16-11(18)14(6-5-7-14)10(15)17-19/h9,19H,5-8H2,1-4H3,(H2,15,17)(H,16,18). The molecule has 1 amide bonds. The zero-order chi connectivity index (χ0) is 14.5. The van der Waals surface area contributed by atoms with Gasteiger partial charge in [0, 0.05) is 6.54 Å². The van der Waals surface area contributed by atoms with Gasteiger partial charge in [0.05, 0.1) is 0 Å². The quantitative estimate of drug-likeness (QED) is 0.313. The molecule has 0 aromatic rings. The van der Waals surface area contributed by atoms with Crippen LogP contribution < -0.4 is 11.1 Å². The second-order valence-corrected chi connectivity index (χ2v) is 7.13. The maximum atomic E-state index is 12.3. The van der Waals surface area contributed by atoms with Crippen LogP contribution in [0.2, 0.25) is 0 Å². The average Bonchev–Trinajstić information content (AvgIpc) is 2.65. The van der Waals surface area contributed by atoms with Crippen LogP contribution in [0.25, 0.3) is 0 Å². The van der Waals surface area contributed by atoms with E-state index in [-0.39, 0.29) is 22.6 Å². The molecule has 19 heavy (non-hydrogen) atoms. The first-order valence-electron chi connectivity index (χ1n) is 6.96. The second kappa shape index (κ2) is 4.12. The number of rotatable bonds is 4. The fourth-order valence-electron chi connectivity index (χ4n) is 3.43. The van der Waals surface area contributed by atoms with Crippen LogP contribution in [0.3, 0.4) is 0 Å². The lowest BCUT2D eigenvalue weighted by Crippen LogP contribution is -2.54. The molecule has 2 aliphatic carbocycles. The van der Waals surface area contributed by atoms with E-state index in [4.69, 9.17) is 10.9 Å². The number of oxime groups is 1. The minimum absolute atomic E-state index is 0.0468. The summed E-state index contributed by atoms with van der Waals surface area (Å²) in [6.07, 6.45) is 2.29. The summed E-state index contributed by atoms with van der Waals surface area (Å²) in [6.45, 7) is 9.58. The fourth-order valence-corrected chi connectivity index (χ4v) is 3.43. The van der Waals surface area contributed by atoms with Gasteiger partial charge in [-0.3, -0.25) is 4.79 Å². The minimum Gasteiger partial charge on any atom is -0.409 e. The summed E-state index contributed by atoms with van der Waals surface area (Å²) in [5, 5.41) is 14.9. The number of nitrogens with one attached hydrogen (secondary N) is 1. The summed E-state index contributed by atoms with van der Waals surface area (Å²) < 4.78 is 0. The average molecular weight is 267 g/mol. The summed E-state index contributed by atoms with van der Waals surface area (Å²) in [5.41, 5.74) is 5.42. The van der Waals surface area contributed by atoms with Crippen molar-refractivity contribution >= 4 is 11.7 Å². The Labute approximate surface area is 114 Å². The maximum absolute atomic E-state index is 12.3. The van der Waals surface area contributed by atoms with Gasteiger partial charge in [-0.2, -0.15) is 0 Å². The summed E-state index contributed by atoms with van der Waals surface area (Å²) in [4.78, 5) is 12.3. The number of nitrogens with zero attached hydrogens (tertiary/aromatic N) is 1. The minimum atomic E-state index is -0.766. The molecular weight excluding hydrogens is 242 g/mol. The van der Waals surface area contributed by atoms with Crippen molar-refractivity contribution in [3.63, 3.8) is 0 Å². The molecule has 2 saturated carbocycles. The molecule has 0 saturated heterocycles. The zero-order valence-electron chi connectivity index (χ0n) is 12.3. The molecule has 108 valence electrons. The molecule has 2 aliphatic rings. The number of nitrogens with two attached hydrogens (primary N) is 1. The molecule has 0 aliphatic heterocycles. The smallest absolute Gasteiger partial charge is 0.233 e. The Morgan fingerprint density at radius 3 is 2.16 bits per heavy atom. The SMILES string of the molecule is CC1(C)C(CNC(=O)C2(C(N)=NO)CCC2)C1(C)C. The van der Waals surface area contributed by atoms with Gasteiger partial charge in [0.1, 0.15) is 5.41 Å². The van der Waals surface area contributed by atoms with Crippen molar-refractivity contribution in [3.8, 4) is 0 Å². The van der Waals surface area contributed by atoms with E-state index in [0.29, 0.717) is 25.3 Å². The highest BCUT2D eigenvalue weighted by atomic mass is 16.4. The van der Waals surface area contributed by atoms with Gasteiger partial charge in [0.2, 0.25) is 5.91 Å². The van der Waals surface area contributed by atoms with Crippen molar-refractivity contribution in [3.05, 3.63) is 0 Å². The van der Waals surface area contributed by atoms with E-state index in [9.17, 15) is 4.79 Å². The first-order chi connectivity index (χ1) is 8.70. The van der Waals surface area contributed by atoms with Crippen LogP contribution in [0.4, 0.5) is 0 Å². The van der Waals surface area contributed by atoms with Crippen molar-refractivity contribution in [2.24, 2.45) is 33.1 Å². The van der Waals surface area contributed by atoms with Crippen LogP contribution in [-0.2, 0) is 4.79 Å². The van der Waals surface area contributed by atoms with E-state index < -0.39 is 5.41 Å². The van der Waals surface area contributed by atoms with Crippen LogP contribution >= 0.6 is 0 Å². The molecule has 5 heteroatoms. The van der Waals surface area contributed by atoms with Crippen molar-refractivity contribution in [1.29, 1.82) is 0 Å². The molecule has 0 radical (unpaired) electrons. The third kappa shape index (κ3) is 1.82. The summed E-state index contributed by atoms with van der Waals surface area (Å²) >= 11 is 0. The van der Waals surface area contributed by atoms with Gasteiger partial charge in [0.15, 0.2) is 5.84 Å². The summed E-state index contributed by atoms with van der Waals surface area (Å²) in [7, 11) is 0. The topological polar surface area (TPSA) is 87.7 Å². The molecule has 2 rings (SSSR count). The molecule has 0 aromatic heterocycles. The summed E-state index contributed by atoms with van der Waals surface area (Å²) in [6, 6.07) is 0. The number of carbonyl (C=O) groups excluding carboxylic acids is 1.